The van der Waals surface area contributed by atoms with Crippen molar-refractivity contribution in [3.8, 4) is 17.1 Å². The first-order valence-corrected chi connectivity index (χ1v) is 12.2. The minimum Gasteiger partial charge on any atom is -0.325 e. The van der Waals surface area contributed by atoms with Gasteiger partial charge in [-0.15, -0.1) is 10.2 Å². The number of rotatable bonds is 6. The van der Waals surface area contributed by atoms with Crippen molar-refractivity contribution in [3.05, 3.63) is 81.6 Å². The van der Waals surface area contributed by atoms with Crippen molar-refractivity contribution in [3.63, 3.8) is 0 Å². The molecule has 33 heavy (non-hydrogen) atoms. The summed E-state index contributed by atoms with van der Waals surface area (Å²) in [5.41, 5.74) is 7.13. The van der Waals surface area contributed by atoms with Gasteiger partial charge in [0.05, 0.1) is 11.4 Å². The summed E-state index contributed by atoms with van der Waals surface area (Å²) in [6.07, 6.45) is 3.47. The van der Waals surface area contributed by atoms with Crippen LogP contribution in [0.15, 0.2) is 64.5 Å². The van der Waals surface area contributed by atoms with Crippen LogP contribution in [0.4, 0.5) is 5.69 Å². The zero-order valence-corrected chi connectivity index (χ0v) is 21.3. The fourth-order valence-electron chi connectivity index (χ4n) is 3.56. The number of carbonyl (C=O) groups excluding carboxylic acids is 1. The number of anilines is 1. The number of hydrogen-bond acceptors (Lipinski definition) is 5. The van der Waals surface area contributed by atoms with Gasteiger partial charge in [0, 0.05) is 28.1 Å². The summed E-state index contributed by atoms with van der Waals surface area (Å²) in [5, 5.41) is 12.6. The topological polar surface area (TPSA) is 72.7 Å². The summed E-state index contributed by atoms with van der Waals surface area (Å²) in [5.74, 6) is 0.839. The third kappa shape index (κ3) is 5.17. The van der Waals surface area contributed by atoms with Crippen molar-refractivity contribution >= 4 is 39.3 Å². The third-order valence-corrected chi connectivity index (χ3v) is 6.80. The molecular weight excluding hydrogens is 498 g/mol. The molecule has 0 unspecified atom stereocenters. The standard InChI is InChI=1S/C25H24BrN5OS/c1-15-5-6-21(13-16(15)2)31-24(19-7-9-27-10-8-19)29-30-25(31)33-14-22(32)28-23-17(3)11-20(26)12-18(23)4/h5-13H,14H2,1-4H3,(H,28,32). The second-order valence-electron chi connectivity index (χ2n) is 7.90. The van der Waals surface area contributed by atoms with Crippen LogP contribution in [0.3, 0.4) is 0 Å². The third-order valence-electron chi connectivity index (χ3n) is 5.41. The first kappa shape index (κ1) is 23.2. The Morgan fingerprint density at radius 1 is 0.939 bits per heavy atom. The molecule has 0 radical (unpaired) electrons. The lowest BCUT2D eigenvalue weighted by atomic mass is 10.1. The number of thioether (sulfide) groups is 1. The van der Waals surface area contributed by atoms with Gasteiger partial charge in [-0.05, 0) is 86.3 Å². The molecular formula is C25H24BrN5OS. The molecule has 6 nitrogen and oxygen atoms in total. The lowest BCUT2D eigenvalue weighted by molar-refractivity contribution is -0.113. The molecule has 4 aromatic rings. The minimum absolute atomic E-state index is 0.0892. The largest absolute Gasteiger partial charge is 0.325 e. The Bertz CT molecular complexity index is 1300. The van der Waals surface area contributed by atoms with Crippen molar-refractivity contribution in [1.29, 1.82) is 0 Å². The maximum atomic E-state index is 12.8. The molecule has 0 aliphatic heterocycles. The summed E-state index contributed by atoms with van der Waals surface area (Å²) >= 11 is 4.86. The Labute approximate surface area is 206 Å². The van der Waals surface area contributed by atoms with E-state index in [4.69, 9.17) is 0 Å². The van der Waals surface area contributed by atoms with Gasteiger partial charge in [-0.25, -0.2) is 0 Å². The number of aromatic nitrogens is 4. The Morgan fingerprint density at radius 3 is 2.30 bits per heavy atom. The van der Waals surface area contributed by atoms with Gasteiger partial charge in [0.25, 0.3) is 0 Å². The molecule has 0 spiro atoms. The van der Waals surface area contributed by atoms with Crippen molar-refractivity contribution in [2.45, 2.75) is 32.9 Å². The smallest absolute Gasteiger partial charge is 0.234 e. The minimum atomic E-state index is -0.0892. The van der Waals surface area contributed by atoms with E-state index in [2.05, 4.69) is 68.5 Å². The van der Waals surface area contributed by atoms with E-state index in [0.717, 1.165) is 32.5 Å². The molecule has 0 aliphatic carbocycles. The number of hydrogen-bond donors (Lipinski definition) is 1. The van der Waals surface area contributed by atoms with Crippen LogP contribution in [-0.4, -0.2) is 31.4 Å². The van der Waals surface area contributed by atoms with E-state index in [1.807, 2.05) is 42.7 Å². The van der Waals surface area contributed by atoms with Gasteiger partial charge >= 0.3 is 0 Å². The number of benzene rings is 2. The summed E-state index contributed by atoms with van der Waals surface area (Å²) in [4.78, 5) is 16.9. The van der Waals surface area contributed by atoms with Crippen molar-refractivity contribution < 1.29 is 4.79 Å². The maximum absolute atomic E-state index is 12.8. The highest BCUT2D eigenvalue weighted by Gasteiger charge is 2.18. The van der Waals surface area contributed by atoms with Gasteiger partial charge < -0.3 is 5.32 Å². The Morgan fingerprint density at radius 2 is 1.64 bits per heavy atom. The highest BCUT2D eigenvalue weighted by Crippen LogP contribution is 2.29. The van der Waals surface area contributed by atoms with Crippen molar-refractivity contribution in [2.75, 3.05) is 11.1 Å². The first-order valence-electron chi connectivity index (χ1n) is 10.5. The molecule has 2 aromatic carbocycles. The van der Waals surface area contributed by atoms with Gasteiger partial charge in [0.1, 0.15) is 0 Å². The number of pyridine rings is 1. The lowest BCUT2D eigenvalue weighted by Gasteiger charge is -2.13. The number of amides is 1. The molecule has 0 atom stereocenters. The van der Waals surface area contributed by atoms with Crippen LogP contribution in [0.1, 0.15) is 22.3 Å². The Balaban J connectivity index is 1.62. The van der Waals surface area contributed by atoms with E-state index in [-0.39, 0.29) is 11.7 Å². The summed E-state index contributed by atoms with van der Waals surface area (Å²) in [7, 11) is 0. The summed E-state index contributed by atoms with van der Waals surface area (Å²) < 4.78 is 2.99. The molecule has 2 aromatic heterocycles. The van der Waals surface area contributed by atoms with Crippen LogP contribution in [-0.2, 0) is 4.79 Å². The van der Waals surface area contributed by atoms with E-state index in [9.17, 15) is 4.79 Å². The van der Waals surface area contributed by atoms with Crippen molar-refractivity contribution in [2.24, 2.45) is 0 Å². The first-order chi connectivity index (χ1) is 15.8. The molecule has 4 rings (SSSR count). The zero-order valence-electron chi connectivity index (χ0n) is 18.9. The molecule has 168 valence electrons. The second-order valence-corrected chi connectivity index (χ2v) is 9.76. The van der Waals surface area contributed by atoms with E-state index in [0.29, 0.717) is 11.0 Å². The van der Waals surface area contributed by atoms with Crippen LogP contribution < -0.4 is 5.32 Å². The fourth-order valence-corrected chi connectivity index (χ4v) is 5.00. The number of carbonyl (C=O) groups is 1. The number of nitrogens with one attached hydrogen (secondary N) is 1. The quantitative estimate of drug-likeness (QED) is 0.312. The van der Waals surface area contributed by atoms with Crippen LogP contribution in [0, 0.1) is 27.7 Å². The molecule has 1 amide bonds. The molecule has 0 aliphatic rings. The summed E-state index contributed by atoms with van der Waals surface area (Å²) in [6.45, 7) is 8.13. The van der Waals surface area contributed by atoms with Crippen LogP contribution in [0.2, 0.25) is 0 Å². The average Bonchev–Trinajstić information content (AvgIpc) is 3.21. The van der Waals surface area contributed by atoms with Gasteiger partial charge in [0.2, 0.25) is 5.91 Å². The lowest BCUT2D eigenvalue weighted by Crippen LogP contribution is -2.16. The average molecular weight is 522 g/mol. The molecule has 8 heteroatoms. The van der Waals surface area contributed by atoms with Crippen LogP contribution >= 0.6 is 27.7 Å². The number of halogens is 1. The number of nitrogens with zero attached hydrogens (tertiary/aromatic N) is 4. The summed E-state index contributed by atoms with van der Waals surface area (Å²) in [6, 6.07) is 14.0. The second kappa shape index (κ2) is 9.89. The molecule has 2 heterocycles. The molecule has 0 bridgehead atoms. The van der Waals surface area contributed by atoms with Crippen LogP contribution in [0.5, 0.6) is 0 Å². The Hall–Kier alpha value is -2.97. The molecule has 0 saturated carbocycles. The monoisotopic (exact) mass is 521 g/mol. The predicted molar refractivity (Wildman–Crippen MR) is 137 cm³/mol. The highest BCUT2D eigenvalue weighted by atomic mass is 79.9. The zero-order chi connectivity index (χ0) is 23.5. The molecule has 0 saturated heterocycles. The van der Waals surface area contributed by atoms with E-state index in [1.165, 1.54) is 22.9 Å². The van der Waals surface area contributed by atoms with E-state index >= 15 is 0 Å². The fraction of sp³-hybridized carbons (Fsp3) is 0.200. The number of aryl methyl sites for hydroxylation is 4. The molecule has 1 N–H and O–H groups in total. The Kier molecular flexibility index (Phi) is 6.95. The van der Waals surface area contributed by atoms with Gasteiger partial charge in [-0.3, -0.25) is 14.3 Å². The van der Waals surface area contributed by atoms with Gasteiger partial charge in [0.15, 0.2) is 11.0 Å². The SMILES string of the molecule is Cc1ccc(-n2c(SCC(=O)Nc3c(C)cc(Br)cc3C)nnc2-c2ccncc2)cc1C. The van der Waals surface area contributed by atoms with Crippen LogP contribution in [0.25, 0.3) is 17.1 Å². The highest BCUT2D eigenvalue weighted by molar-refractivity contribution is 9.10. The van der Waals surface area contributed by atoms with Crippen molar-refractivity contribution in [1.82, 2.24) is 19.7 Å². The normalized spacial score (nSPS) is 10.9. The van der Waals surface area contributed by atoms with E-state index in [1.54, 1.807) is 12.4 Å². The van der Waals surface area contributed by atoms with Gasteiger partial charge in [-0.2, -0.15) is 0 Å². The van der Waals surface area contributed by atoms with E-state index < -0.39 is 0 Å². The maximum Gasteiger partial charge on any atom is 0.234 e. The predicted octanol–water partition coefficient (Wildman–Crippen LogP) is 6.06. The molecule has 0 fully saturated rings. The van der Waals surface area contributed by atoms with Gasteiger partial charge in [-0.1, -0.05) is 33.8 Å².